The molecule has 1 aliphatic rings. The Hall–Kier alpha value is -2.53. The molecule has 2 N–H and O–H groups in total. The van der Waals surface area contributed by atoms with Gasteiger partial charge in [0.15, 0.2) is 0 Å². The van der Waals surface area contributed by atoms with Crippen LogP contribution in [-0.2, 0) is 13.0 Å². The largest absolute Gasteiger partial charge is 0.382 e. The molecule has 1 aliphatic heterocycles. The number of anilines is 1. The first-order valence-electron chi connectivity index (χ1n) is 8.90. The number of fused-ring (bicyclic) bond motifs is 1. The van der Waals surface area contributed by atoms with Gasteiger partial charge in [0.2, 0.25) is 0 Å². The molecule has 3 heterocycles. The Bertz CT molecular complexity index is 858. The number of aromatic nitrogens is 3. The summed E-state index contributed by atoms with van der Waals surface area (Å²) >= 11 is 0. The van der Waals surface area contributed by atoms with Gasteiger partial charge in [-0.25, -0.2) is 4.98 Å². The van der Waals surface area contributed by atoms with Crippen molar-refractivity contribution in [3.63, 3.8) is 0 Å². The zero-order valence-electron chi connectivity index (χ0n) is 14.3. The molecule has 1 atom stereocenters. The van der Waals surface area contributed by atoms with Gasteiger partial charge in [-0.3, -0.25) is 14.9 Å². The molecular weight excluding hydrogens is 310 g/mol. The van der Waals surface area contributed by atoms with Gasteiger partial charge in [-0.15, -0.1) is 0 Å². The highest BCUT2D eigenvalue weighted by molar-refractivity contribution is 5.81. The maximum Gasteiger partial charge on any atom is 0.145 e. The van der Waals surface area contributed by atoms with Crippen molar-refractivity contribution in [2.24, 2.45) is 5.92 Å². The number of para-hydroxylation sites is 1. The van der Waals surface area contributed by atoms with E-state index in [-0.39, 0.29) is 0 Å². The molecule has 1 aromatic carbocycles. The molecule has 0 amide bonds. The lowest BCUT2D eigenvalue weighted by atomic mass is 9.92. The number of rotatable bonds is 4. The molecule has 0 bridgehead atoms. The van der Waals surface area contributed by atoms with E-state index in [0.717, 1.165) is 37.3 Å². The molecule has 0 unspecified atom stereocenters. The smallest absolute Gasteiger partial charge is 0.145 e. The van der Waals surface area contributed by atoms with Crippen molar-refractivity contribution in [3.05, 3.63) is 60.2 Å². The maximum absolute atomic E-state index is 5.96. The van der Waals surface area contributed by atoms with E-state index in [9.17, 15) is 0 Å². The minimum absolute atomic E-state index is 0.569. The molecule has 2 aromatic heterocycles. The van der Waals surface area contributed by atoms with Crippen molar-refractivity contribution in [2.75, 3.05) is 18.8 Å². The van der Waals surface area contributed by atoms with E-state index in [1.165, 1.54) is 23.8 Å². The Morgan fingerprint density at radius 2 is 1.92 bits per heavy atom. The van der Waals surface area contributed by atoms with Crippen molar-refractivity contribution in [1.29, 1.82) is 0 Å². The second kappa shape index (κ2) is 7.15. The molecule has 0 saturated carbocycles. The molecule has 0 spiro atoms. The Morgan fingerprint density at radius 1 is 1.04 bits per heavy atom. The zero-order chi connectivity index (χ0) is 17.1. The van der Waals surface area contributed by atoms with Crippen LogP contribution in [0, 0.1) is 5.92 Å². The summed E-state index contributed by atoms with van der Waals surface area (Å²) in [5.41, 5.74) is 9.32. The highest BCUT2D eigenvalue weighted by Crippen LogP contribution is 2.24. The van der Waals surface area contributed by atoms with Crippen LogP contribution >= 0.6 is 0 Å². The normalized spacial score (nSPS) is 18.5. The lowest BCUT2D eigenvalue weighted by Crippen LogP contribution is -2.36. The molecule has 3 aromatic rings. The second-order valence-electron chi connectivity index (χ2n) is 6.82. The Labute approximate surface area is 147 Å². The van der Waals surface area contributed by atoms with Crippen LogP contribution in [-0.4, -0.2) is 32.9 Å². The van der Waals surface area contributed by atoms with Gasteiger partial charge in [0, 0.05) is 37.1 Å². The van der Waals surface area contributed by atoms with Gasteiger partial charge in [-0.05, 0) is 49.4 Å². The SMILES string of the molecule is Nc1nccnc1C[C@H]1CCCN(Cc2ccnc3ccccc23)C1. The molecule has 128 valence electrons. The van der Waals surface area contributed by atoms with E-state index in [1.54, 1.807) is 12.4 Å². The van der Waals surface area contributed by atoms with Crippen LogP contribution in [0.25, 0.3) is 10.9 Å². The van der Waals surface area contributed by atoms with E-state index < -0.39 is 0 Å². The average Bonchev–Trinajstić information content (AvgIpc) is 2.64. The van der Waals surface area contributed by atoms with Crippen LogP contribution in [0.2, 0.25) is 0 Å². The Morgan fingerprint density at radius 3 is 2.84 bits per heavy atom. The van der Waals surface area contributed by atoms with Crippen molar-refractivity contribution < 1.29 is 0 Å². The molecule has 1 fully saturated rings. The summed E-state index contributed by atoms with van der Waals surface area (Å²) in [4.78, 5) is 15.6. The van der Waals surface area contributed by atoms with Crippen LogP contribution in [0.5, 0.6) is 0 Å². The third-order valence-corrected chi connectivity index (χ3v) is 5.02. The van der Waals surface area contributed by atoms with Gasteiger partial charge in [0.25, 0.3) is 0 Å². The fourth-order valence-corrected chi connectivity index (χ4v) is 3.80. The number of hydrogen-bond donors (Lipinski definition) is 1. The highest BCUT2D eigenvalue weighted by atomic mass is 15.1. The summed E-state index contributed by atoms with van der Waals surface area (Å²) in [6.07, 6.45) is 8.65. The molecule has 4 rings (SSSR count). The zero-order valence-corrected chi connectivity index (χ0v) is 14.3. The average molecular weight is 333 g/mol. The summed E-state index contributed by atoms with van der Waals surface area (Å²) in [7, 11) is 0. The van der Waals surface area contributed by atoms with Crippen LogP contribution < -0.4 is 5.73 Å². The van der Waals surface area contributed by atoms with Gasteiger partial charge < -0.3 is 5.73 Å². The fourth-order valence-electron chi connectivity index (χ4n) is 3.80. The number of nitrogens with zero attached hydrogens (tertiary/aromatic N) is 4. The maximum atomic E-state index is 5.96. The van der Waals surface area contributed by atoms with Crippen molar-refractivity contribution in [2.45, 2.75) is 25.8 Å². The summed E-state index contributed by atoms with van der Waals surface area (Å²) in [5, 5.41) is 1.25. The minimum Gasteiger partial charge on any atom is -0.382 e. The highest BCUT2D eigenvalue weighted by Gasteiger charge is 2.22. The molecule has 5 heteroatoms. The molecule has 0 radical (unpaired) electrons. The molecule has 0 aliphatic carbocycles. The first-order chi connectivity index (χ1) is 12.3. The van der Waals surface area contributed by atoms with Crippen molar-refractivity contribution in [3.8, 4) is 0 Å². The third kappa shape index (κ3) is 3.61. The number of nitrogens with two attached hydrogens (primary N) is 1. The van der Waals surface area contributed by atoms with Crippen molar-refractivity contribution in [1.82, 2.24) is 19.9 Å². The first kappa shape index (κ1) is 16.0. The summed E-state index contributed by atoms with van der Waals surface area (Å²) < 4.78 is 0. The number of benzene rings is 1. The predicted molar refractivity (Wildman–Crippen MR) is 99.9 cm³/mol. The number of hydrogen-bond acceptors (Lipinski definition) is 5. The second-order valence-corrected chi connectivity index (χ2v) is 6.82. The standard InChI is InChI=1S/C20H23N5/c21-20-19(23-9-10-24-20)12-15-4-3-11-25(13-15)14-16-7-8-22-18-6-2-1-5-17(16)18/h1-2,5-10,15H,3-4,11-14H2,(H2,21,24)/t15-/m1/s1. The van der Waals surface area contributed by atoms with Gasteiger partial charge in [0.05, 0.1) is 11.2 Å². The summed E-state index contributed by atoms with van der Waals surface area (Å²) in [5.74, 6) is 1.15. The van der Waals surface area contributed by atoms with E-state index >= 15 is 0 Å². The number of pyridine rings is 1. The Balaban J connectivity index is 1.47. The van der Waals surface area contributed by atoms with Crippen LogP contribution in [0.1, 0.15) is 24.1 Å². The van der Waals surface area contributed by atoms with Gasteiger partial charge in [-0.1, -0.05) is 18.2 Å². The lowest BCUT2D eigenvalue weighted by molar-refractivity contribution is 0.167. The first-order valence-corrected chi connectivity index (χ1v) is 8.90. The molecule has 5 nitrogen and oxygen atoms in total. The van der Waals surface area contributed by atoms with Crippen LogP contribution in [0.15, 0.2) is 48.9 Å². The Kier molecular flexibility index (Phi) is 4.57. The topological polar surface area (TPSA) is 67.9 Å². The van der Waals surface area contributed by atoms with E-state index in [2.05, 4.69) is 44.1 Å². The van der Waals surface area contributed by atoms with Crippen LogP contribution in [0.4, 0.5) is 5.82 Å². The number of nitrogen functional groups attached to an aromatic ring is 1. The molecule has 25 heavy (non-hydrogen) atoms. The van der Waals surface area contributed by atoms with Gasteiger partial charge >= 0.3 is 0 Å². The van der Waals surface area contributed by atoms with Crippen LogP contribution in [0.3, 0.4) is 0 Å². The molecular formula is C20H23N5. The third-order valence-electron chi connectivity index (χ3n) is 5.02. The lowest BCUT2D eigenvalue weighted by Gasteiger charge is -2.33. The number of likely N-dealkylation sites (tertiary alicyclic amines) is 1. The molecule has 1 saturated heterocycles. The van der Waals surface area contributed by atoms with Gasteiger partial charge in [-0.2, -0.15) is 0 Å². The minimum atomic E-state index is 0.569. The summed E-state index contributed by atoms with van der Waals surface area (Å²) in [6, 6.07) is 10.5. The van der Waals surface area contributed by atoms with E-state index in [1.807, 2.05) is 12.3 Å². The monoisotopic (exact) mass is 333 g/mol. The van der Waals surface area contributed by atoms with Crippen molar-refractivity contribution >= 4 is 16.7 Å². The quantitative estimate of drug-likeness (QED) is 0.795. The van der Waals surface area contributed by atoms with E-state index in [4.69, 9.17) is 5.73 Å². The number of piperidine rings is 1. The fraction of sp³-hybridized carbons (Fsp3) is 0.350. The van der Waals surface area contributed by atoms with Gasteiger partial charge in [0.1, 0.15) is 5.82 Å². The predicted octanol–water partition coefficient (Wildman–Crippen LogP) is 3.06. The summed E-state index contributed by atoms with van der Waals surface area (Å²) in [6.45, 7) is 3.19. The van der Waals surface area contributed by atoms with E-state index in [0.29, 0.717) is 11.7 Å².